The van der Waals surface area contributed by atoms with Crippen LogP contribution in [-0.4, -0.2) is 38.3 Å². The van der Waals surface area contributed by atoms with Gasteiger partial charge in [0.25, 0.3) is 0 Å². The first-order valence-electron chi connectivity index (χ1n) is 10.9. The van der Waals surface area contributed by atoms with Crippen molar-refractivity contribution >= 4 is 32.8 Å². The molecule has 4 heterocycles. The second-order valence-electron chi connectivity index (χ2n) is 9.18. The maximum absolute atomic E-state index is 9.72. The number of rotatable bonds is 3. The summed E-state index contributed by atoms with van der Waals surface area (Å²) in [7, 11) is 0. The molecule has 5 nitrogen and oxygen atoms in total. The van der Waals surface area contributed by atoms with E-state index in [4.69, 9.17) is 9.97 Å². The van der Waals surface area contributed by atoms with E-state index in [2.05, 4.69) is 64.5 Å². The molecular weight excluding hydrogens is 440 g/mol. The van der Waals surface area contributed by atoms with E-state index in [1.807, 2.05) is 6.92 Å². The highest BCUT2D eigenvalue weighted by Gasteiger charge is 2.42. The Kier molecular flexibility index (Phi) is 4.90. The van der Waals surface area contributed by atoms with Gasteiger partial charge in [-0.15, -0.1) is 0 Å². The van der Waals surface area contributed by atoms with E-state index in [1.54, 1.807) is 0 Å². The number of nitrogens with zero attached hydrogens (tertiary/aromatic N) is 4. The Morgan fingerprint density at radius 3 is 2.23 bits per heavy atom. The highest BCUT2D eigenvalue weighted by Crippen LogP contribution is 2.44. The normalized spacial score (nSPS) is 23.5. The van der Waals surface area contributed by atoms with E-state index in [0.29, 0.717) is 24.6 Å². The van der Waals surface area contributed by atoms with Gasteiger partial charge in [0.2, 0.25) is 0 Å². The van der Waals surface area contributed by atoms with Crippen LogP contribution in [0.3, 0.4) is 0 Å². The largest absolute Gasteiger partial charge is 0.396 e. The van der Waals surface area contributed by atoms with Crippen LogP contribution in [-0.2, 0) is 0 Å². The van der Waals surface area contributed by atoms with Gasteiger partial charge >= 0.3 is 0 Å². The van der Waals surface area contributed by atoms with E-state index in [1.165, 1.54) is 40.6 Å². The lowest BCUT2D eigenvalue weighted by Gasteiger charge is -2.39. The molecule has 0 radical (unpaired) electrons. The predicted octanol–water partition coefficient (Wildman–Crippen LogP) is 5.16. The standard InChI is InChI=1S/C24H29BrN4O/c1-13-7-18(25)8-14(2)22(13)28-11-15(3)21-23(28)26-16(4)27-24(21)29-19-5-6-20(29)10-17(9-19)12-30/h7-8,11,17,19-20,30H,5-6,9-10,12H2,1-4H3. The van der Waals surface area contributed by atoms with Crippen LogP contribution < -0.4 is 4.90 Å². The van der Waals surface area contributed by atoms with Crippen molar-refractivity contribution in [3.8, 4) is 5.69 Å². The minimum Gasteiger partial charge on any atom is -0.396 e. The Morgan fingerprint density at radius 2 is 1.63 bits per heavy atom. The van der Waals surface area contributed by atoms with Gasteiger partial charge in [0.15, 0.2) is 5.65 Å². The summed E-state index contributed by atoms with van der Waals surface area (Å²) in [6.07, 6.45) is 6.71. The molecule has 158 valence electrons. The van der Waals surface area contributed by atoms with Crippen molar-refractivity contribution in [3.63, 3.8) is 0 Å². The third kappa shape index (κ3) is 3.07. The Hall–Kier alpha value is -1.92. The monoisotopic (exact) mass is 468 g/mol. The summed E-state index contributed by atoms with van der Waals surface area (Å²) in [5.74, 6) is 2.33. The Bertz CT molecular complexity index is 1100. The molecule has 2 atom stereocenters. The highest BCUT2D eigenvalue weighted by atomic mass is 79.9. The summed E-state index contributed by atoms with van der Waals surface area (Å²) in [5.41, 5.74) is 5.85. The van der Waals surface area contributed by atoms with Crippen LogP contribution in [0, 0.1) is 33.6 Å². The number of piperidine rings is 1. The van der Waals surface area contributed by atoms with Crippen molar-refractivity contribution in [2.24, 2.45) is 5.92 Å². The van der Waals surface area contributed by atoms with E-state index < -0.39 is 0 Å². The fourth-order valence-corrected chi connectivity index (χ4v) is 6.50. The van der Waals surface area contributed by atoms with E-state index in [0.717, 1.165) is 34.6 Å². The summed E-state index contributed by atoms with van der Waals surface area (Å²) in [4.78, 5) is 12.4. The van der Waals surface area contributed by atoms with Crippen LogP contribution in [0.2, 0.25) is 0 Å². The first-order chi connectivity index (χ1) is 14.4. The fraction of sp³-hybridized carbons (Fsp3) is 0.500. The molecule has 2 aromatic heterocycles. The van der Waals surface area contributed by atoms with Crippen LogP contribution in [0.4, 0.5) is 5.82 Å². The van der Waals surface area contributed by atoms with Gasteiger partial charge in [0, 0.05) is 29.4 Å². The molecule has 2 unspecified atom stereocenters. The topological polar surface area (TPSA) is 54.2 Å². The highest BCUT2D eigenvalue weighted by molar-refractivity contribution is 9.10. The smallest absolute Gasteiger partial charge is 0.150 e. The number of aryl methyl sites for hydroxylation is 4. The van der Waals surface area contributed by atoms with Crippen LogP contribution in [0.15, 0.2) is 22.8 Å². The Morgan fingerprint density at radius 1 is 1.00 bits per heavy atom. The van der Waals surface area contributed by atoms with Crippen LogP contribution in [0.25, 0.3) is 16.7 Å². The number of benzene rings is 1. The van der Waals surface area contributed by atoms with Crippen molar-refractivity contribution in [2.45, 2.75) is 65.5 Å². The van der Waals surface area contributed by atoms with Crippen LogP contribution in [0.5, 0.6) is 0 Å². The van der Waals surface area contributed by atoms with Gasteiger partial charge in [-0.25, -0.2) is 9.97 Å². The minimum atomic E-state index is 0.302. The number of aliphatic hydroxyl groups excluding tert-OH is 1. The zero-order valence-corrected chi connectivity index (χ0v) is 19.7. The molecule has 2 aliphatic heterocycles. The zero-order chi connectivity index (χ0) is 21.2. The first kappa shape index (κ1) is 20.0. The maximum atomic E-state index is 9.72. The third-order valence-electron chi connectivity index (χ3n) is 6.96. The molecule has 2 bridgehead atoms. The number of anilines is 1. The summed E-state index contributed by atoms with van der Waals surface area (Å²) in [5, 5.41) is 10.9. The zero-order valence-electron chi connectivity index (χ0n) is 18.1. The molecule has 0 amide bonds. The van der Waals surface area contributed by atoms with Crippen molar-refractivity contribution in [1.82, 2.24) is 14.5 Å². The first-order valence-corrected chi connectivity index (χ1v) is 11.7. The van der Waals surface area contributed by atoms with Gasteiger partial charge in [-0.2, -0.15) is 0 Å². The third-order valence-corrected chi connectivity index (χ3v) is 7.42. The lowest BCUT2D eigenvalue weighted by Crippen LogP contribution is -2.44. The summed E-state index contributed by atoms with van der Waals surface area (Å²) >= 11 is 3.62. The number of aromatic nitrogens is 3. The Balaban J connectivity index is 1.70. The van der Waals surface area contributed by atoms with Crippen LogP contribution >= 0.6 is 15.9 Å². The lowest BCUT2D eigenvalue weighted by molar-refractivity contribution is 0.185. The van der Waals surface area contributed by atoms with E-state index >= 15 is 0 Å². The molecule has 1 aromatic carbocycles. The SMILES string of the molecule is Cc1nc(N2C3CCC2CC(CO)C3)c2c(C)cn(-c3c(C)cc(Br)cc3C)c2n1. The van der Waals surface area contributed by atoms with Crippen molar-refractivity contribution in [1.29, 1.82) is 0 Å². The summed E-state index contributed by atoms with van der Waals surface area (Å²) < 4.78 is 3.35. The van der Waals surface area contributed by atoms with E-state index in [-0.39, 0.29) is 0 Å². The molecule has 2 saturated heterocycles. The van der Waals surface area contributed by atoms with Gasteiger partial charge in [-0.1, -0.05) is 15.9 Å². The number of hydrogen-bond acceptors (Lipinski definition) is 4. The molecule has 1 N–H and O–H groups in total. The predicted molar refractivity (Wildman–Crippen MR) is 125 cm³/mol. The van der Waals surface area contributed by atoms with Crippen molar-refractivity contribution in [2.75, 3.05) is 11.5 Å². The maximum Gasteiger partial charge on any atom is 0.150 e. The second kappa shape index (κ2) is 7.34. The molecule has 2 fully saturated rings. The second-order valence-corrected chi connectivity index (χ2v) is 10.1. The van der Waals surface area contributed by atoms with Crippen LogP contribution in [0.1, 0.15) is 48.2 Å². The van der Waals surface area contributed by atoms with Gasteiger partial charge in [-0.05, 0) is 88.1 Å². The number of aliphatic hydroxyl groups is 1. The molecule has 2 aliphatic rings. The minimum absolute atomic E-state index is 0.302. The molecule has 0 aliphatic carbocycles. The molecule has 3 aromatic rings. The summed E-state index contributed by atoms with van der Waals surface area (Å²) in [6.45, 7) is 8.79. The molecule has 6 heteroatoms. The number of hydrogen-bond donors (Lipinski definition) is 1. The molecule has 30 heavy (non-hydrogen) atoms. The average Bonchev–Trinajstić information content (AvgIpc) is 3.13. The summed E-state index contributed by atoms with van der Waals surface area (Å²) in [6, 6.07) is 5.27. The molecular formula is C24H29BrN4O. The van der Waals surface area contributed by atoms with Crippen molar-refractivity contribution < 1.29 is 5.11 Å². The van der Waals surface area contributed by atoms with Gasteiger partial charge in [-0.3, -0.25) is 0 Å². The molecule has 0 spiro atoms. The average molecular weight is 469 g/mol. The van der Waals surface area contributed by atoms with Gasteiger partial charge < -0.3 is 14.6 Å². The quantitative estimate of drug-likeness (QED) is 0.576. The number of halogens is 1. The van der Waals surface area contributed by atoms with Gasteiger partial charge in [0.05, 0.1) is 11.1 Å². The molecule has 5 rings (SSSR count). The Labute approximate surface area is 186 Å². The number of fused-ring (bicyclic) bond motifs is 3. The van der Waals surface area contributed by atoms with E-state index in [9.17, 15) is 5.11 Å². The van der Waals surface area contributed by atoms with Gasteiger partial charge in [0.1, 0.15) is 11.6 Å². The van der Waals surface area contributed by atoms with Crippen molar-refractivity contribution in [3.05, 3.63) is 45.3 Å². The lowest BCUT2D eigenvalue weighted by atomic mass is 9.91. The fourth-order valence-electron chi connectivity index (χ4n) is 5.81. The molecule has 0 saturated carbocycles.